The Morgan fingerprint density at radius 3 is 2.74 bits per heavy atom. The minimum atomic E-state index is -3.67. The molecule has 0 atom stereocenters. The smallest absolute Gasteiger partial charge is 0.207 e. The molecule has 1 N–H and O–H groups in total. The number of halogens is 1. The molecule has 0 saturated carbocycles. The van der Waals surface area contributed by atoms with Crippen molar-refractivity contribution >= 4 is 37.3 Å². The van der Waals surface area contributed by atoms with Gasteiger partial charge in [-0.2, -0.15) is 5.26 Å². The van der Waals surface area contributed by atoms with E-state index in [4.69, 9.17) is 5.26 Å². The lowest BCUT2D eigenvalue weighted by atomic mass is 10.2. The van der Waals surface area contributed by atoms with Crippen molar-refractivity contribution in [1.29, 1.82) is 5.26 Å². The molecule has 0 fully saturated rings. The van der Waals surface area contributed by atoms with Crippen LogP contribution in [0.2, 0.25) is 0 Å². The minimum absolute atomic E-state index is 0.00752. The monoisotopic (exact) mass is 356 g/mol. The van der Waals surface area contributed by atoms with Gasteiger partial charge in [-0.05, 0) is 34.1 Å². The Morgan fingerprint density at radius 1 is 1.37 bits per heavy atom. The molecular formula is C12H9BrN2O2S2. The summed E-state index contributed by atoms with van der Waals surface area (Å²) < 4.78 is 27.7. The van der Waals surface area contributed by atoms with Crippen molar-refractivity contribution in [3.63, 3.8) is 0 Å². The highest BCUT2D eigenvalue weighted by Gasteiger charge is 2.17. The van der Waals surface area contributed by atoms with Gasteiger partial charge >= 0.3 is 0 Å². The van der Waals surface area contributed by atoms with Crippen molar-refractivity contribution in [3.8, 4) is 6.07 Å². The lowest BCUT2D eigenvalue weighted by Crippen LogP contribution is -2.23. The highest BCUT2D eigenvalue weighted by molar-refractivity contribution is 9.10. The van der Waals surface area contributed by atoms with Gasteiger partial charge in [0.15, 0.2) is 0 Å². The van der Waals surface area contributed by atoms with Crippen LogP contribution in [0.3, 0.4) is 0 Å². The normalized spacial score (nSPS) is 11.2. The van der Waals surface area contributed by atoms with Gasteiger partial charge in [-0.25, -0.2) is 13.1 Å². The molecule has 19 heavy (non-hydrogen) atoms. The zero-order valence-electron chi connectivity index (χ0n) is 9.63. The second kappa shape index (κ2) is 5.84. The lowest BCUT2D eigenvalue weighted by Gasteiger charge is -2.06. The van der Waals surface area contributed by atoms with E-state index < -0.39 is 10.0 Å². The third kappa shape index (κ3) is 3.42. The Kier molecular flexibility index (Phi) is 4.37. The van der Waals surface area contributed by atoms with Crippen LogP contribution in [0.5, 0.6) is 0 Å². The van der Waals surface area contributed by atoms with Crippen LogP contribution in [0.25, 0.3) is 0 Å². The molecule has 0 spiro atoms. The van der Waals surface area contributed by atoms with Gasteiger partial charge in [0.05, 0.1) is 10.5 Å². The van der Waals surface area contributed by atoms with Gasteiger partial charge in [-0.15, -0.1) is 11.3 Å². The van der Waals surface area contributed by atoms with E-state index in [1.165, 1.54) is 23.5 Å². The maximum atomic E-state index is 12.1. The minimum Gasteiger partial charge on any atom is -0.207 e. The number of thiophene rings is 1. The molecule has 4 nitrogen and oxygen atoms in total. The standard InChI is InChI=1S/C12H9BrN2O2S2/c13-10-5-11(18-8-10)7-15-19(16,17)12-4-2-1-3-9(12)6-14/h1-5,8,15H,7H2. The van der Waals surface area contributed by atoms with Gasteiger partial charge in [0, 0.05) is 21.3 Å². The quantitative estimate of drug-likeness (QED) is 0.915. The van der Waals surface area contributed by atoms with E-state index in [2.05, 4.69) is 20.7 Å². The van der Waals surface area contributed by atoms with E-state index in [9.17, 15) is 8.42 Å². The Hall–Kier alpha value is -1.20. The lowest BCUT2D eigenvalue weighted by molar-refractivity contribution is 0.581. The highest BCUT2D eigenvalue weighted by atomic mass is 79.9. The van der Waals surface area contributed by atoms with Crippen molar-refractivity contribution in [3.05, 3.63) is 50.6 Å². The molecule has 1 heterocycles. The molecule has 98 valence electrons. The molecule has 2 rings (SSSR count). The maximum Gasteiger partial charge on any atom is 0.242 e. The molecule has 1 aromatic carbocycles. The highest BCUT2D eigenvalue weighted by Crippen LogP contribution is 2.20. The number of hydrogen-bond acceptors (Lipinski definition) is 4. The van der Waals surface area contributed by atoms with Crippen LogP contribution in [0, 0.1) is 11.3 Å². The first-order valence-electron chi connectivity index (χ1n) is 5.24. The summed E-state index contributed by atoms with van der Waals surface area (Å²) in [5.74, 6) is 0. The molecule has 0 unspecified atom stereocenters. The molecule has 7 heteroatoms. The summed E-state index contributed by atoms with van der Waals surface area (Å²) in [6.45, 7) is 0.207. The number of nitrogens with one attached hydrogen (secondary N) is 1. The second-order valence-electron chi connectivity index (χ2n) is 3.66. The number of rotatable bonds is 4. The summed E-state index contributed by atoms with van der Waals surface area (Å²) in [6.07, 6.45) is 0. The molecule has 0 aliphatic carbocycles. The first kappa shape index (κ1) is 14.2. The van der Waals surface area contributed by atoms with Crippen LogP contribution in [0.1, 0.15) is 10.4 Å². The van der Waals surface area contributed by atoms with Crippen LogP contribution in [-0.2, 0) is 16.6 Å². The first-order chi connectivity index (χ1) is 9.03. The fourth-order valence-electron chi connectivity index (χ4n) is 1.48. The predicted octanol–water partition coefficient (Wildman–Crippen LogP) is 2.86. The van der Waals surface area contributed by atoms with Gasteiger partial charge in [-0.1, -0.05) is 12.1 Å². The fraction of sp³-hybridized carbons (Fsp3) is 0.0833. The van der Waals surface area contributed by atoms with E-state index >= 15 is 0 Å². The molecule has 0 saturated heterocycles. The van der Waals surface area contributed by atoms with Crippen LogP contribution in [-0.4, -0.2) is 8.42 Å². The zero-order chi connectivity index (χ0) is 13.9. The van der Waals surface area contributed by atoms with Crippen molar-refractivity contribution in [1.82, 2.24) is 4.72 Å². The second-order valence-corrected chi connectivity index (χ2v) is 7.31. The Labute approximate surface area is 123 Å². The van der Waals surface area contributed by atoms with Crippen molar-refractivity contribution < 1.29 is 8.42 Å². The Bertz CT molecular complexity index is 732. The molecule has 0 aliphatic rings. The summed E-state index contributed by atoms with van der Waals surface area (Å²) >= 11 is 4.77. The summed E-state index contributed by atoms with van der Waals surface area (Å²) in [6, 6.07) is 9.86. The third-order valence-electron chi connectivity index (χ3n) is 2.36. The van der Waals surface area contributed by atoms with E-state index in [0.717, 1.165) is 9.35 Å². The molecular weight excluding hydrogens is 348 g/mol. The number of hydrogen-bond donors (Lipinski definition) is 1. The molecule has 1 aromatic heterocycles. The molecule has 0 bridgehead atoms. The SMILES string of the molecule is N#Cc1ccccc1S(=O)(=O)NCc1cc(Br)cs1. The van der Waals surface area contributed by atoms with Crippen molar-refractivity contribution in [2.75, 3.05) is 0 Å². The Morgan fingerprint density at radius 2 is 2.11 bits per heavy atom. The average molecular weight is 357 g/mol. The Balaban J connectivity index is 2.21. The predicted molar refractivity (Wildman–Crippen MR) is 77.2 cm³/mol. The van der Waals surface area contributed by atoms with Crippen LogP contribution >= 0.6 is 27.3 Å². The number of benzene rings is 1. The summed E-state index contributed by atoms with van der Waals surface area (Å²) in [4.78, 5) is 0.901. The first-order valence-corrected chi connectivity index (χ1v) is 8.40. The zero-order valence-corrected chi connectivity index (χ0v) is 12.8. The van der Waals surface area contributed by atoms with E-state index in [-0.39, 0.29) is 17.0 Å². The number of nitriles is 1. The molecule has 0 aliphatic heterocycles. The van der Waals surface area contributed by atoms with Gasteiger partial charge in [-0.3, -0.25) is 0 Å². The van der Waals surface area contributed by atoms with Crippen LogP contribution in [0.4, 0.5) is 0 Å². The van der Waals surface area contributed by atoms with Gasteiger partial charge in [0.1, 0.15) is 6.07 Å². The van der Waals surface area contributed by atoms with Gasteiger partial charge in [0.2, 0.25) is 10.0 Å². The summed E-state index contributed by atoms with van der Waals surface area (Å²) in [5, 5.41) is 10.8. The summed E-state index contributed by atoms with van der Waals surface area (Å²) in [5.41, 5.74) is 0.141. The van der Waals surface area contributed by atoms with Crippen molar-refractivity contribution in [2.45, 2.75) is 11.4 Å². The third-order valence-corrected chi connectivity index (χ3v) is 5.51. The topological polar surface area (TPSA) is 70.0 Å². The summed E-state index contributed by atoms with van der Waals surface area (Å²) in [7, 11) is -3.67. The van der Waals surface area contributed by atoms with Gasteiger partial charge in [0.25, 0.3) is 0 Å². The van der Waals surface area contributed by atoms with E-state index in [1.54, 1.807) is 12.1 Å². The number of nitrogens with zero attached hydrogens (tertiary/aromatic N) is 1. The maximum absolute atomic E-state index is 12.1. The van der Waals surface area contributed by atoms with Gasteiger partial charge < -0.3 is 0 Å². The van der Waals surface area contributed by atoms with Crippen molar-refractivity contribution in [2.24, 2.45) is 0 Å². The molecule has 2 aromatic rings. The molecule has 0 radical (unpaired) electrons. The van der Waals surface area contributed by atoms with E-state index in [0.29, 0.717) is 0 Å². The van der Waals surface area contributed by atoms with Crippen LogP contribution < -0.4 is 4.72 Å². The average Bonchev–Trinajstić information content (AvgIpc) is 2.82. The number of sulfonamides is 1. The van der Waals surface area contributed by atoms with Crippen LogP contribution in [0.15, 0.2) is 45.1 Å². The fourth-order valence-corrected chi connectivity index (χ4v) is 4.13. The van der Waals surface area contributed by atoms with E-state index in [1.807, 2.05) is 17.5 Å². The molecule has 0 amide bonds. The largest absolute Gasteiger partial charge is 0.242 e.